The first kappa shape index (κ1) is 13.2. The van der Waals surface area contributed by atoms with Crippen molar-refractivity contribution in [3.05, 3.63) is 48.1 Å². The summed E-state index contributed by atoms with van der Waals surface area (Å²) in [5, 5.41) is 3.24. The topological polar surface area (TPSA) is 15.3 Å². The Bertz CT molecular complexity index is 394. The summed E-state index contributed by atoms with van der Waals surface area (Å²) in [5.41, 5.74) is 0.166. The van der Waals surface area contributed by atoms with Crippen LogP contribution in [0.3, 0.4) is 0 Å². The van der Waals surface area contributed by atoms with Crippen LogP contribution in [0.2, 0.25) is 0 Å². The van der Waals surface area contributed by atoms with Gasteiger partial charge in [-0.25, -0.2) is 8.78 Å². The molecule has 1 heterocycles. The molecule has 1 fully saturated rings. The van der Waals surface area contributed by atoms with E-state index in [0.29, 0.717) is 6.42 Å². The van der Waals surface area contributed by atoms with Gasteiger partial charge in [0, 0.05) is 37.8 Å². The minimum atomic E-state index is -0.472. The van der Waals surface area contributed by atoms with E-state index in [1.54, 1.807) is 6.08 Å². The van der Waals surface area contributed by atoms with Gasteiger partial charge in [-0.05, 0) is 18.6 Å². The quantitative estimate of drug-likeness (QED) is 0.828. The van der Waals surface area contributed by atoms with Crippen LogP contribution in [0.4, 0.5) is 8.78 Å². The third-order valence-corrected chi connectivity index (χ3v) is 3.32. The maximum Gasteiger partial charge on any atom is 0.130 e. The van der Waals surface area contributed by atoms with Crippen molar-refractivity contribution in [3.8, 4) is 0 Å². The normalized spacial score (nSPS) is 18.6. The van der Waals surface area contributed by atoms with Crippen LogP contribution in [0.5, 0.6) is 0 Å². The highest BCUT2D eigenvalue weighted by Crippen LogP contribution is 2.29. The van der Waals surface area contributed by atoms with E-state index in [1.165, 1.54) is 18.2 Å². The van der Waals surface area contributed by atoms with Gasteiger partial charge in [0.05, 0.1) is 0 Å². The highest BCUT2D eigenvalue weighted by Gasteiger charge is 2.26. The highest BCUT2D eigenvalue weighted by atomic mass is 19.1. The Hall–Kier alpha value is -1.26. The van der Waals surface area contributed by atoms with Crippen molar-refractivity contribution < 1.29 is 8.78 Å². The minimum Gasteiger partial charge on any atom is -0.314 e. The number of piperazine rings is 1. The number of rotatable bonds is 4. The highest BCUT2D eigenvalue weighted by molar-refractivity contribution is 5.24. The first-order valence-corrected chi connectivity index (χ1v) is 6.23. The largest absolute Gasteiger partial charge is 0.314 e. The second-order valence-electron chi connectivity index (χ2n) is 4.46. The molecule has 0 aliphatic carbocycles. The number of hydrogen-bond donors (Lipinski definition) is 1. The number of hydrogen-bond acceptors (Lipinski definition) is 2. The fourth-order valence-electron chi connectivity index (χ4n) is 2.43. The van der Waals surface area contributed by atoms with Crippen LogP contribution in [-0.4, -0.2) is 31.1 Å². The molecule has 0 spiro atoms. The van der Waals surface area contributed by atoms with Crippen LogP contribution < -0.4 is 5.32 Å². The number of halogens is 2. The number of nitrogens with one attached hydrogen (secondary N) is 1. The van der Waals surface area contributed by atoms with E-state index in [2.05, 4.69) is 16.8 Å². The van der Waals surface area contributed by atoms with Gasteiger partial charge < -0.3 is 5.32 Å². The van der Waals surface area contributed by atoms with E-state index in [-0.39, 0.29) is 11.6 Å². The zero-order valence-electron chi connectivity index (χ0n) is 10.3. The molecule has 0 unspecified atom stereocenters. The Morgan fingerprint density at radius 2 is 1.89 bits per heavy atom. The second kappa shape index (κ2) is 6.07. The predicted molar refractivity (Wildman–Crippen MR) is 68.4 cm³/mol. The van der Waals surface area contributed by atoms with Crippen LogP contribution in [0.25, 0.3) is 0 Å². The fraction of sp³-hybridized carbons (Fsp3) is 0.429. The Kier molecular flexibility index (Phi) is 4.44. The first-order chi connectivity index (χ1) is 8.74. The Morgan fingerprint density at radius 1 is 1.28 bits per heavy atom. The SMILES string of the molecule is C=CC[C@H](c1c(F)cccc1F)N1CCNCC1. The Balaban J connectivity index is 2.30. The van der Waals surface area contributed by atoms with Crippen LogP contribution >= 0.6 is 0 Å². The monoisotopic (exact) mass is 252 g/mol. The maximum atomic E-state index is 13.9. The molecule has 98 valence electrons. The molecule has 0 amide bonds. The van der Waals surface area contributed by atoms with Gasteiger partial charge in [-0.1, -0.05) is 12.1 Å². The lowest BCUT2D eigenvalue weighted by Crippen LogP contribution is -2.45. The van der Waals surface area contributed by atoms with Gasteiger partial charge in [0.2, 0.25) is 0 Å². The lowest BCUT2D eigenvalue weighted by molar-refractivity contribution is 0.168. The summed E-state index contributed by atoms with van der Waals surface area (Å²) in [7, 11) is 0. The van der Waals surface area contributed by atoms with Crippen molar-refractivity contribution in [1.29, 1.82) is 0 Å². The number of nitrogens with zero attached hydrogens (tertiary/aromatic N) is 1. The molecule has 0 aromatic heterocycles. The summed E-state index contributed by atoms with van der Waals surface area (Å²) >= 11 is 0. The Labute approximate surface area is 106 Å². The smallest absolute Gasteiger partial charge is 0.130 e. The van der Waals surface area contributed by atoms with Gasteiger partial charge >= 0.3 is 0 Å². The third-order valence-electron chi connectivity index (χ3n) is 3.32. The zero-order valence-corrected chi connectivity index (χ0v) is 10.3. The molecule has 1 atom stereocenters. The van der Waals surface area contributed by atoms with E-state index in [4.69, 9.17) is 0 Å². The molecule has 4 heteroatoms. The van der Waals surface area contributed by atoms with Gasteiger partial charge in [-0.3, -0.25) is 4.90 Å². The van der Waals surface area contributed by atoms with E-state index < -0.39 is 11.6 Å². The molecule has 1 aromatic rings. The molecule has 18 heavy (non-hydrogen) atoms. The summed E-state index contributed by atoms with van der Waals surface area (Å²) < 4.78 is 27.7. The summed E-state index contributed by atoms with van der Waals surface area (Å²) in [5.74, 6) is -0.944. The van der Waals surface area contributed by atoms with Crippen molar-refractivity contribution in [2.24, 2.45) is 0 Å². The fourth-order valence-corrected chi connectivity index (χ4v) is 2.43. The summed E-state index contributed by atoms with van der Waals surface area (Å²) in [6.07, 6.45) is 2.27. The first-order valence-electron chi connectivity index (χ1n) is 6.23. The van der Waals surface area contributed by atoms with Gasteiger partial charge in [-0.2, -0.15) is 0 Å². The van der Waals surface area contributed by atoms with Gasteiger partial charge in [0.1, 0.15) is 11.6 Å². The molecule has 1 saturated heterocycles. The average Bonchev–Trinajstić information content (AvgIpc) is 2.38. The van der Waals surface area contributed by atoms with Crippen LogP contribution in [0.1, 0.15) is 18.0 Å². The summed E-state index contributed by atoms with van der Waals surface area (Å²) in [6, 6.07) is 3.77. The van der Waals surface area contributed by atoms with Crippen LogP contribution in [0, 0.1) is 11.6 Å². The van der Waals surface area contributed by atoms with Crippen LogP contribution in [0.15, 0.2) is 30.9 Å². The van der Waals surface area contributed by atoms with Gasteiger partial charge in [-0.15, -0.1) is 6.58 Å². The molecule has 2 rings (SSSR count). The predicted octanol–water partition coefficient (Wildman–Crippen LogP) is 2.49. The van der Waals surface area contributed by atoms with E-state index in [0.717, 1.165) is 26.2 Å². The molecule has 1 aromatic carbocycles. The maximum absolute atomic E-state index is 13.9. The molecular formula is C14H18F2N2. The van der Waals surface area contributed by atoms with Crippen molar-refractivity contribution in [2.45, 2.75) is 12.5 Å². The van der Waals surface area contributed by atoms with Gasteiger partial charge in [0.25, 0.3) is 0 Å². The van der Waals surface area contributed by atoms with E-state index in [1.807, 2.05) is 0 Å². The molecule has 1 aliphatic rings. The molecular weight excluding hydrogens is 234 g/mol. The summed E-state index contributed by atoms with van der Waals surface area (Å²) in [6.45, 7) is 6.99. The molecule has 1 N–H and O–H groups in total. The molecule has 1 aliphatic heterocycles. The summed E-state index contributed by atoms with van der Waals surface area (Å²) in [4.78, 5) is 2.11. The standard InChI is InChI=1S/C14H18F2N2/c1-2-4-13(18-9-7-17-8-10-18)14-11(15)5-3-6-12(14)16/h2-3,5-6,13,17H,1,4,7-10H2/t13-/m1/s1. The third kappa shape index (κ3) is 2.76. The second-order valence-corrected chi connectivity index (χ2v) is 4.46. The Morgan fingerprint density at radius 3 is 2.44 bits per heavy atom. The molecule has 0 bridgehead atoms. The lowest BCUT2D eigenvalue weighted by Gasteiger charge is -2.35. The van der Waals surface area contributed by atoms with Crippen molar-refractivity contribution in [3.63, 3.8) is 0 Å². The van der Waals surface area contributed by atoms with E-state index in [9.17, 15) is 8.78 Å². The van der Waals surface area contributed by atoms with Crippen molar-refractivity contribution in [1.82, 2.24) is 10.2 Å². The molecule has 0 radical (unpaired) electrons. The average molecular weight is 252 g/mol. The zero-order chi connectivity index (χ0) is 13.0. The van der Waals surface area contributed by atoms with Gasteiger partial charge in [0.15, 0.2) is 0 Å². The molecule has 2 nitrogen and oxygen atoms in total. The van der Waals surface area contributed by atoms with Crippen molar-refractivity contribution in [2.75, 3.05) is 26.2 Å². The molecule has 0 saturated carbocycles. The number of benzene rings is 1. The minimum absolute atomic E-state index is 0.166. The van der Waals surface area contributed by atoms with Crippen LogP contribution in [-0.2, 0) is 0 Å². The van der Waals surface area contributed by atoms with Crippen molar-refractivity contribution >= 4 is 0 Å². The van der Waals surface area contributed by atoms with E-state index >= 15 is 0 Å². The lowest BCUT2D eigenvalue weighted by atomic mass is 10.00.